The quantitative estimate of drug-likeness (QED) is 0.507. The Kier molecular flexibility index (Phi) is 5.24. The van der Waals surface area contributed by atoms with Crippen LogP contribution in [0.1, 0.15) is 13.8 Å². The average molecular weight is 288 g/mol. The molecule has 1 aromatic carbocycles. The highest BCUT2D eigenvalue weighted by atomic mass is 19.3. The van der Waals surface area contributed by atoms with Gasteiger partial charge in [-0.3, -0.25) is 4.79 Å². The van der Waals surface area contributed by atoms with Gasteiger partial charge in [0.15, 0.2) is 17.3 Å². The number of carbonyl (C=O) groups excluding carboxylic acids is 1. The summed E-state index contributed by atoms with van der Waals surface area (Å²) in [5.41, 5.74) is -0.607. The molecule has 0 fully saturated rings. The molecule has 0 saturated heterocycles. The van der Waals surface area contributed by atoms with E-state index in [0.717, 1.165) is 19.1 Å². The van der Waals surface area contributed by atoms with Gasteiger partial charge in [0.2, 0.25) is 0 Å². The number of rotatable bonds is 5. The predicted octanol–water partition coefficient (Wildman–Crippen LogP) is 3.89. The van der Waals surface area contributed by atoms with Crippen LogP contribution in [-0.4, -0.2) is 17.5 Å². The van der Waals surface area contributed by atoms with Crippen LogP contribution in [0.25, 0.3) is 0 Å². The molecule has 1 aromatic rings. The molecule has 5 nitrogen and oxygen atoms in total. The van der Waals surface area contributed by atoms with Crippen LogP contribution in [0.3, 0.4) is 0 Å². The molecule has 0 aromatic heterocycles. The second-order valence-corrected chi connectivity index (χ2v) is 3.68. The molecule has 20 heavy (non-hydrogen) atoms. The summed E-state index contributed by atoms with van der Waals surface area (Å²) in [6, 6.07) is 2.84. The molecule has 8 heteroatoms. The maximum absolute atomic E-state index is 13.5. The van der Waals surface area contributed by atoms with Crippen LogP contribution in [0.2, 0.25) is 0 Å². The van der Waals surface area contributed by atoms with E-state index in [1.54, 1.807) is 0 Å². The third kappa shape index (κ3) is 4.38. The normalized spacial score (nSPS) is 12.7. The number of halogens is 3. The van der Waals surface area contributed by atoms with Crippen molar-refractivity contribution in [3.8, 4) is 5.75 Å². The lowest BCUT2D eigenvalue weighted by Gasteiger charge is -2.04. The lowest BCUT2D eigenvalue weighted by Crippen LogP contribution is -2.01. The summed E-state index contributed by atoms with van der Waals surface area (Å²) in [4.78, 5) is 11.1. The van der Waals surface area contributed by atoms with E-state index in [9.17, 15) is 23.1 Å². The third-order valence-electron chi connectivity index (χ3n) is 2.08. The Labute approximate surface area is 112 Å². The second kappa shape index (κ2) is 6.69. The molecule has 108 valence electrons. The van der Waals surface area contributed by atoms with Crippen molar-refractivity contribution in [2.45, 2.75) is 20.5 Å². The first kappa shape index (κ1) is 15.7. The average Bonchev–Trinajstić information content (AvgIpc) is 2.30. The van der Waals surface area contributed by atoms with E-state index < -0.39 is 18.2 Å². The van der Waals surface area contributed by atoms with E-state index in [0.29, 0.717) is 6.07 Å². The number of benzene rings is 1. The Morgan fingerprint density at radius 1 is 1.35 bits per heavy atom. The van der Waals surface area contributed by atoms with Crippen molar-refractivity contribution in [1.29, 1.82) is 0 Å². The second-order valence-electron chi connectivity index (χ2n) is 3.68. The molecule has 0 amide bonds. The van der Waals surface area contributed by atoms with Gasteiger partial charge in [-0.15, -0.1) is 10.2 Å². The highest BCUT2D eigenvalue weighted by Crippen LogP contribution is 2.25. The summed E-state index contributed by atoms with van der Waals surface area (Å²) < 4.78 is 41.4. The maximum Gasteiger partial charge on any atom is 0.387 e. The monoisotopic (exact) mass is 288 g/mol. The number of aliphatic hydroxyl groups is 1. The summed E-state index contributed by atoms with van der Waals surface area (Å²) in [7, 11) is 0. The van der Waals surface area contributed by atoms with Gasteiger partial charge < -0.3 is 9.84 Å². The number of alkyl halides is 2. The number of nitrogens with zero attached hydrogens (tertiary/aromatic N) is 2. The van der Waals surface area contributed by atoms with Gasteiger partial charge in [-0.25, -0.2) is 4.39 Å². The Hall–Kier alpha value is -2.38. The fourth-order valence-corrected chi connectivity index (χ4v) is 1.25. The highest BCUT2D eigenvalue weighted by molar-refractivity contribution is 5.93. The molecule has 1 rings (SSSR count). The lowest BCUT2D eigenvalue weighted by molar-refractivity contribution is -0.113. The van der Waals surface area contributed by atoms with Gasteiger partial charge >= 0.3 is 6.61 Å². The van der Waals surface area contributed by atoms with E-state index in [2.05, 4.69) is 15.0 Å². The number of Topliss-reactive ketones (excluding diaryl/α,β-unsaturated/α-hetero) is 1. The van der Waals surface area contributed by atoms with Crippen molar-refractivity contribution in [2.75, 3.05) is 0 Å². The largest absolute Gasteiger partial charge is 0.510 e. The van der Waals surface area contributed by atoms with Crippen LogP contribution >= 0.6 is 0 Å². The molecule has 0 atom stereocenters. The summed E-state index contributed by atoms with van der Waals surface area (Å²) in [5.74, 6) is -2.23. The van der Waals surface area contributed by atoms with E-state index in [1.165, 1.54) is 6.92 Å². The molecule has 0 spiro atoms. The lowest BCUT2D eigenvalue weighted by atomic mass is 10.3. The molecule has 0 bridgehead atoms. The van der Waals surface area contributed by atoms with Gasteiger partial charge in [-0.1, -0.05) is 0 Å². The van der Waals surface area contributed by atoms with Crippen molar-refractivity contribution < 1.29 is 27.8 Å². The molecule has 0 aliphatic rings. The van der Waals surface area contributed by atoms with Gasteiger partial charge in [-0.2, -0.15) is 8.78 Å². The standard InChI is InChI=1S/C12H11F3N2O3/c1-6(18)11(7(2)19)17-16-10-4-3-8(5-9(10)13)20-12(14)15/h3-5,12,18H,1-2H3. The zero-order chi connectivity index (χ0) is 15.3. The Morgan fingerprint density at radius 3 is 2.45 bits per heavy atom. The highest BCUT2D eigenvalue weighted by Gasteiger charge is 2.10. The van der Waals surface area contributed by atoms with Gasteiger partial charge in [0, 0.05) is 13.0 Å². The van der Waals surface area contributed by atoms with Crippen LogP contribution in [0.4, 0.5) is 18.9 Å². The molecule has 0 aliphatic heterocycles. The summed E-state index contributed by atoms with van der Waals surface area (Å²) in [5, 5.41) is 16.0. The Balaban J connectivity index is 2.99. The number of allylic oxidation sites excluding steroid dienone is 2. The molecule has 0 radical (unpaired) electrons. The van der Waals surface area contributed by atoms with E-state index in [4.69, 9.17) is 0 Å². The smallest absolute Gasteiger partial charge is 0.387 e. The number of ether oxygens (including phenoxy) is 1. The van der Waals surface area contributed by atoms with Crippen LogP contribution in [0.5, 0.6) is 5.75 Å². The molecule has 0 unspecified atom stereocenters. The number of hydrogen-bond donors (Lipinski definition) is 1. The minimum Gasteiger partial charge on any atom is -0.510 e. The van der Waals surface area contributed by atoms with E-state index in [1.807, 2.05) is 0 Å². The predicted molar refractivity (Wildman–Crippen MR) is 63.6 cm³/mol. The minimum atomic E-state index is -3.06. The molecule has 1 N–H and O–H groups in total. The molecule has 0 heterocycles. The molecular formula is C12H11F3N2O3. The van der Waals surface area contributed by atoms with Crippen molar-refractivity contribution in [3.63, 3.8) is 0 Å². The topological polar surface area (TPSA) is 71.2 Å². The molecular weight excluding hydrogens is 277 g/mol. The van der Waals surface area contributed by atoms with Crippen LogP contribution < -0.4 is 4.74 Å². The van der Waals surface area contributed by atoms with Gasteiger partial charge in [0.25, 0.3) is 0 Å². The van der Waals surface area contributed by atoms with Crippen LogP contribution in [0.15, 0.2) is 39.9 Å². The number of hydrogen-bond acceptors (Lipinski definition) is 5. The Morgan fingerprint density at radius 2 is 2.00 bits per heavy atom. The zero-order valence-corrected chi connectivity index (χ0v) is 10.6. The maximum atomic E-state index is 13.5. The van der Waals surface area contributed by atoms with E-state index >= 15 is 0 Å². The zero-order valence-electron chi connectivity index (χ0n) is 10.6. The first-order valence-corrected chi connectivity index (χ1v) is 5.38. The fraction of sp³-hybridized carbons (Fsp3) is 0.250. The number of azo groups is 1. The van der Waals surface area contributed by atoms with Crippen LogP contribution in [-0.2, 0) is 4.79 Å². The first-order chi connectivity index (χ1) is 9.31. The summed E-state index contributed by atoms with van der Waals surface area (Å²) in [6.07, 6.45) is 0. The van der Waals surface area contributed by atoms with Crippen molar-refractivity contribution >= 4 is 11.5 Å². The van der Waals surface area contributed by atoms with Crippen LogP contribution in [0, 0.1) is 5.82 Å². The third-order valence-corrected chi connectivity index (χ3v) is 2.08. The molecule has 0 saturated carbocycles. The van der Waals surface area contributed by atoms with Gasteiger partial charge in [0.05, 0.1) is 0 Å². The van der Waals surface area contributed by atoms with Crippen molar-refractivity contribution in [3.05, 3.63) is 35.5 Å². The summed E-state index contributed by atoms with van der Waals surface area (Å²) >= 11 is 0. The molecule has 0 aliphatic carbocycles. The Bertz CT molecular complexity index is 567. The first-order valence-electron chi connectivity index (χ1n) is 5.38. The van der Waals surface area contributed by atoms with Gasteiger partial charge in [-0.05, 0) is 19.1 Å². The minimum absolute atomic E-state index is 0.286. The number of aliphatic hydroxyl groups excluding tert-OH is 1. The fourth-order valence-electron chi connectivity index (χ4n) is 1.25. The number of carbonyl (C=O) groups is 1. The van der Waals surface area contributed by atoms with Crippen molar-refractivity contribution in [2.24, 2.45) is 10.2 Å². The number of ketones is 1. The SMILES string of the molecule is CC(=O)C(N=Nc1ccc(OC(F)F)cc1F)=C(C)O. The summed E-state index contributed by atoms with van der Waals surface area (Å²) in [6.45, 7) is -0.679. The van der Waals surface area contributed by atoms with Crippen molar-refractivity contribution in [1.82, 2.24) is 0 Å². The van der Waals surface area contributed by atoms with Gasteiger partial charge in [0.1, 0.15) is 17.2 Å². The van der Waals surface area contributed by atoms with E-state index in [-0.39, 0.29) is 22.9 Å².